The maximum Gasteiger partial charge on any atom is 0.308 e. The highest BCUT2D eigenvalue weighted by atomic mass is 16.6. The largest absolute Gasteiger partial charge is 0.460 e. The third-order valence-electron chi connectivity index (χ3n) is 7.98. The molecule has 0 aliphatic heterocycles. The highest BCUT2D eigenvalue weighted by Gasteiger charge is 2.45. The van der Waals surface area contributed by atoms with Crippen LogP contribution in [0, 0.1) is 0 Å². The Labute approximate surface area is 273 Å². The van der Waals surface area contributed by atoms with E-state index >= 15 is 0 Å². The van der Waals surface area contributed by atoms with Crippen LogP contribution >= 0.6 is 0 Å². The zero-order valence-electron chi connectivity index (χ0n) is 28.9. The number of benzene rings is 1. The third kappa shape index (κ3) is 11.4. The SMILES string of the molecule is CCCN(CC(=O)NC1(C(=O)N(C)CC(=O)N(C)[C@@H](CC(=O)OC(C)(C)C)C(=O)N(C)C)CCCC1)C(=O)CCc1ccccc1. The number of nitrogens with zero attached hydrogens (tertiary/aromatic N) is 4. The summed E-state index contributed by atoms with van der Waals surface area (Å²) in [4.78, 5) is 84.3. The lowest BCUT2D eigenvalue weighted by atomic mass is 9.95. The van der Waals surface area contributed by atoms with Gasteiger partial charge in [-0.3, -0.25) is 28.8 Å². The lowest BCUT2D eigenvalue weighted by Gasteiger charge is -2.35. The molecule has 0 saturated heterocycles. The van der Waals surface area contributed by atoms with Crippen LogP contribution in [0.2, 0.25) is 0 Å². The number of aryl methyl sites for hydroxylation is 1. The number of esters is 1. The van der Waals surface area contributed by atoms with Crippen LogP contribution in [0.15, 0.2) is 30.3 Å². The molecular formula is C34H53N5O7. The molecule has 1 fully saturated rings. The van der Waals surface area contributed by atoms with Crippen molar-refractivity contribution in [2.24, 2.45) is 0 Å². The van der Waals surface area contributed by atoms with Crippen LogP contribution in [0.4, 0.5) is 0 Å². The summed E-state index contributed by atoms with van der Waals surface area (Å²) >= 11 is 0. The second-order valence-electron chi connectivity index (χ2n) is 13.3. The second kappa shape index (κ2) is 17.1. The highest BCUT2D eigenvalue weighted by Crippen LogP contribution is 2.31. The molecule has 0 spiro atoms. The van der Waals surface area contributed by atoms with Gasteiger partial charge in [0.25, 0.3) is 0 Å². The molecule has 256 valence electrons. The number of ether oxygens (including phenoxy) is 1. The van der Waals surface area contributed by atoms with E-state index in [9.17, 15) is 28.8 Å². The van der Waals surface area contributed by atoms with E-state index in [0.29, 0.717) is 32.2 Å². The van der Waals surface area contributed by atoms with Crippen molar-refractivity contribution in [3.8, 4) is 0 Å². The molecule has 0 radical (unpaired) electrons. The van der Waals surface area contributed by atoms with Crippen LogP contribution in [0.3, 0.4) is 0 Å². The van der Waals surface area contributed by atoms with Gasteiger partial charge in [-0.25, -0.2) is 0 Å². The number of carbonyl (C=O) groups excluding carboxylic acids is 6. The summed E-state index contributed by atoms with van der Waals surface area (Å²) in [6.07, 6.45) is 3.42. The van der Waals surface area contributed by atoms with E-state index in [4.69, 9.17) is 4.74 Å². The zero-order chi connectivity index (χ0) is 34.7. The van der Waals surface area contributed by atoms with Crippen LogP contribution in [0.5, 0.6) is 0 Å². The lowest BCUT2D eigenvalue weighted by Crippen LogP contribution is -2.60. The van der Waals surface area contributed by atoms with E-state index in [2.05, 4.69) is 5.32 Å². The van der Waals surface area contributed by atoms with Crippen LogP contribution < -0.4 is 5.32 Å². The number of carbonyl (C=O) groups is 6. The summed E-state index contributed by atoms with van der Waals surface area (Å²) in [5, 5.41) is 2.93. The monoisotopic (exact) mass is 643 g/mol. The molecule has 0 heterocycles. The first-order chi connectivity index (χ1) is 21.5. The Morgan fingerprint density at radius 3 is 2.07 bits per heavy atom. The Kier molecular flexibility index (Phi) is 14.2. The van der Waals surface area contributed by atoms with Crippen LogP contribution in [0.1, 0.15) is 78.2 Å². The molecule has 1 aliphatic carbocycles. The van der Waals surface area contributed by atoms with Crippen molar-refractivity contribution in [3.63, 3.8) is 0 Å². The molecule has 1 N–H and O–H groups in total. The summed E-state index contributed by atoms with van der Waals surface area (Å²) in [6, 6.07) is 8.55. The molecule has 2 rings (SSSR count). The minimum absolute atomic E-state index is 0.133. The van der Waals surface area contributed by atoms with Gasteiger partial charge in [0.15, 0.2) is 0 Å². The standard InChI is InChI=1S/C34H53N5O7/c1-9-21-39(28(41)18-17-25-15-11-10-12-16-25)23-27(40)35-34(19-13-14-20-34)32(45)37(7)24-29(42)38(8)26(31(44)36(5)6)22-30(43)46-33(2,3)4/h10-12,15-16,26H,9,13-14,17-24H2,1-8H3,(H,35,40)/t26-/m0/s1. The fourth-order valence-electron chi connectivity index (χ4n) is 5.62. The molecule has 1 aromatic rings. The van der Waals surface area contributed by atoms with E-state index in [1.165, 1.54) is 47.8 Å². The van der Waals surface area contributed by atoms with Gasteiger partial charge in [-0.05, 0) is 52.0 Å². The first kappa shape index (κ1) is 38.2. The molecule has 1 aliphatic rings. The fraction of sp³-hybridized carbons (Fsp3) is 0.647. The van der Waals surface area contributed by atoms with Gasteiger partial charge in [0.1, 0.15) is 17.2 Å². The maximum atomic E-state index is 13.8. The lowest BCUT2D eigenvalue weighted by molar-refractivity contribution is -0.160. The van der Waals surface area contributed by atoms with Gasteiger partial charge < -0.3 is 29.7 Å². The predicted octanol–water partition coefficient (Wildman–Crippen LogP) is 2.39. The summed E-state index contributed by atoms with van der Waals surface area (Å²) < 4.78 is 5.38. The highest BCUT2D eigenvalue weighted by molar-refractivity contribution is 5.96. The summed E-state index contributed by atoms with van der Waals surface area (Å²) in [6.45, 7) is 6.96. The quantitative estimate of drug-likeness (QED) is 0.290. The number of nitrogens with one attached hydrogen (secondary N) is 1. The van der Waals surface area contributed by atoms with Crippen molar-refractivity contribution < 1.29 is 33.5 Å². The molecule has 5 amide bonds. The van der Waals surface area contributed by atoms with Gasteiger partial charge in [0, 0.05) is 41.2 Å². The normalized spacial score (nSPS) is 14.5. The molecule has 1 aromatic carbocycles. The molecule has 12 nitrogen and oxygen atoms in total. The minimum Gasteiger partial charge on any atom is -0.460 e. The Balaban J connectivity index is 2.10. The van der Waals surface area contributed by atoms with Gasteiger partial charge in [-0.15, -0.1) is 0 Å². The van der Waals surface area contributed by atoms with Crippen molar-refractivity contribution in [3.05, 3.63) is 35.9 Å². The topological polar surface area (TPSA) is 137 Å². The van der Waals surface area contributed by atoms with Crippen molar-refractivity contribution in [2.75, 3.05) is 47.8 Å². The first-order valence-electron chi connectivity index (χ1n) is 16.1. The average molecular weight is 644 g/mol. The Hall–Kier alpha value is -3.96. The molecule has 46 heavy (non-hydrogen) atoms. The van der Waals surface area contributed by atoms with Gasteiger partial charge in [-0.1, -0.05) is 50.1 Å². The van der Waals surface area contributed by atoms with Crippen molar-refractivity contribution in [1.82, 2.24) is 24.9 Å². The van der Waals surface area contributed by atoms with Gasteiger partial charge in [0.05, 0.1) is 19.5 Å². The fourth-order valence-corrected chi connectivity index (χ4v) is 5.62. The molecule has 1 atom stereocenters. The first-order valence-corrected chi connectivity index (χ1v) is 16.1. The molecule has 0 unspecified atom stereocenters. The van der Waals surface area contributed by atoms with E-state index in [0.717, 1.165) is 18.4 Å². The maximum absolute atomic E-state index is 13.8. The van der Waals surface area contributed by atoms with Gasteiger partial charge in [0.2, 0.25) is 29.5 Å². The van der Waals surface area contributed by atoms with Crippen LogP contribution in [-0.4, -0.2) is 120 Å². The van der Waals surface area contributed by atoms with Crippen molar-refractivity contribution in [2.45, 2.75) is 96.2 Å². The second-order valence-corrected chi connectivity index (χ2v) is 13.3. The summed E-state index contributed by atoms with van der Waals surface area (Å²) in [7, 11) is 5.96. The minimum atomic E-state index is -1.20. The summed E-state index contributed by atoms with van der Waals surface area (Å²) in [5.41, 5.74) is -0.927. The molecule has 0 bridgehead atoms. The average Bonchev–Trinajstić information content (AvgIpc) is 3.46. The number of likely N-dealkylation sites (N-methyl/N-ethyl adjacent to an activating group) is 3. The van der Waals surface area contributed by atoms with Gasteiger partial charge >= 0.3 is 5.97 Å². The Morgan fingerprint density at radius 2 is 1.52 bits per heavy atom. The number of rotatable bonds is 15. The Bertz CT molecular complexity index is 1220. The molecule has 12 heteroatoms. The number of hydrogen-bond acceptors (Lipinski definition) is 7. The number of hydrogen-bond donors (Lipinski definition) is 1. The predicted molar refractivity (Wildman–Crippen MR) is 174 cm³/mol. The molecule has 1 saturated carbocycles. The summed E-state index contributed by atoms with van der Waals surface area (Å²) in [5.74, 6) is -2.60. The third-order valence-corrected chi connectivity index (χ3v) is 7.98. The van der Waals surface area contributed by atoms with Crippen molar-refractivity contribution >= 4 is 35.5 Å². The number of amides is 5. The zero-order valence-corrected chi connectivity index (χ0v) is 28.9. The Morgan fingerprint density at radius 1 is 0.913 bits per heavy atom. The molecular weight excluding hydrogens is 590 g/mol. The van der Waals surface area contributed by atoms with E-state index < -0.39 is 46.8 Å². The van der Waals surface area contributed by atoms with E-state index in [-0.39, 0.29) is 31.8 Å². The van der Waals surface area contributed by atoms with Crippen molar-refractivity contribution in [1.29, 1.82) is 0 Å². The van der Waals surface area contributed by atoms with Gasteiger partial charge in [-0.2, -0.15) is 0 Å². The molecule has 0 aromatic heterocycles. The van der Waals surface area contributed by atoms with E-state index in [1.54, 1.807) is 20.8 Å². The van der Waals surface area contributed by atoms with Crippen LogP contribution in [-0.2, 0) is 39.9 Å². The van der Waals surface area contributed by atoms with Crippen LogP contribution in [0.25, 0.3) is 0 Å². The smallest absolute Gasteiger partial charge is 0.308 e. The van der Waals surface area contributed by atoms with E-state index in [1.807, 2.05) is 37.3 Å².